The van der Waals surface area contributed by atoms with Crippen LogP contribution in [0.2, 0.25) is 0 Å². The minimum Gasteiger partial charge on any atom is -0.399 e. The van der Waals surface area contributed by atoms with Crippen LogP contribution < -0.4 is 11.1 Å². The minimum atomic E-state index is -0.431. The molecule has 2 aromatic carbocycles. The van der Waals surface area contributed by atoms with Gasteiger partial charge in [-0.3, -0.25) is 10.1 Å². The number of hydrogen-bond donors (Lipinski definition) is 2. The highest BCUT2D eigenvalue weighted by Crippen LogP contribution is 2.27. The average Bonchev–Trinajstić information content (AvgIpc) is 2.48. The number of anilines is 3. The summed E-state index contributed by atoms with van der Waals surface area (Å²) in [7, 11) is 0. The van der Waals surface area contributed by atoms with E-state index in [0.717, 1.165) is 10.8 Å². The summed E-state index contributed by atoms with van der Waals surface area (Å²) in [6.07, 6.45) is 1.68. The van der Waals surface area contributed by atoms with Gasteiger partial charge >= 0.3 is 0 Å². The van der Waals surface area contributed by atoms with Crippen molar-refractivity contribution in [2.45, 2.75) is 0 Å². The molecule has 21 heavy (non-hydrogen) atoms. The van der Waals surface area contributed by atoms with E-state index < -0.39 is 4.92 Å². The van der Waals surface area contributed by atoms with Gasteiger partial charge in [-0.15, -0.1) is 0 Å². The van der Waals surface area contributed by atoms with E-state index >= 15 is 0 Å². The van der Waals surface area contributed by atoms with Crippen LogP contribution in [0, 0.1) is 10.1 Å². The first-order chi connectivity index (χ1) is 10.1. The maximum absolute atomic E-state index is 10.8. The Balaban J connectivity index is 2.04. The number of non-ortho nitro benzene ring substituents is 1. The summed E-state index contributed by atoms with van der Waals surface area (Å²) < 4.78 is 0. The molecule has 0 bridgehead atoms. The number of benzene rings is 2. The van der Waals surface area contributed by atoms with Crippen LogP contribution in [0.4, 0.5) is 22.9 Å². The first-order valence-corrected chi connectivity index (χ1v) is 6.29. The Morgan fingerprint density at radius 3 is 2.81 bits per heavy atom. The van der Waals surface area contributed by atoms with Crippen LogP contribution in [0.3, 0.4) is 0 Å². The van der Waals surface area contributed by atoms with Gasteiger partial charge in [0.2, 0.25) is 0 Å². The molecule has 0 saturated heterocycles. The van der Waals surface area contributed by atoms with Crippen LogP contribution >= 0.6 is 0 Å². The topological polar surface area (TPSA) is 94.1 Å². The molecular formula is C15H12N4O2. The average molecular weight is 280 g/mol. The Bertz CT molecular complexity index is 833. The Hall–Kier alpha value is -3.15. The van der Waals surface area contributed by atoms with E-state index in [0.29, 0.717) is 17.2 Å². The van der Waals surface area contributed by atoms with Crippen LogP contribution in [-0.4, -0.2) is 9.91 Å². The standard InChI is InChI=1S/C15H12N4O2/c16-11-5-4-10-6-7-17-15(14(10)8-11)18-12-2-1-3-13(9-12)19(20)21/h1-9H,16H2,(H,17,18). The lowest BCUT2D eigenvalue weighted by Crippen LogP contribution is -1.96. The summed E-state index contributed by atoms with van der Waals surface area (Å²) in [6.45, 7) is 0. The van der Waals surface area contributed by atoms with Crippen LogP contribution in [-0.2, 0) is 0 Å². The zero-order valence-electron chi connectivity index (χ0n) is 11.0. The molecule has 6 nitrogen and oxygen atoms in total. The van der Waals surface area contributed by atoms with Gasteiger partial charge in [0.1, 0.15) is 5.82 Å². The van der Waals surface area contributed by atoms with Gasteiger partial charge in [-0.2, -0.15) is 0 Å². The van der Waals surface area contributed by atoms with Gasteiger partial charge in [0.15, 0.2) is 0 Å². The van der Waals surface area contributed by atoms with Crippen molar-refractivity contribution >= 4 is 33.7 Å². The number of nitrogens with zero attached hydrogens (tertiary/aromatic N) is 2. The number of nitro groups is 1. The molecule has 0 aliphatic carbocycles. The Labute approximate surface area is 120 Å². The number of nitro benzene ring substituents is 1. The van der Waals surface area contributed by atoms with Gasteiger partial charge in [-0.25, -0.2) is 4.98 Å². The molecule has 0 aliphatic rings. The number of nitrogens with two attached hydrogens (primary N) is 1. The third-order valence-electron chi connectivity index (χ3n) is 3.11. The van der Waals surface area contributed by atoms with Crippen molar-refractivity contribution < 1.29 is 4.92 Å². The number of fused-ring (bicyclic) bond motifs is 1. The lowest BCUT2D eigenvalue weighted by Gasteiger charge is -2.09. The molecule has 0 radical (unpaired) electrons. The predicted molar refractivity (Wildman–Crippen MR) is 82.5 cm³/mol. The molecule has 3 rings (SSSR count). The van der Waals surface area contributed by atoms with E-state index in [1.165, 1.54) is 12.1 Å². The fourth-order valence-electron chi connectivity index (χ4n) is 2.12. The van der Waals surface area contributed by atoms with Crippen molar-refractivity contribution in [2.24, 2.45) is 0 Å². The molecule has 6 heteroatoms. The maximum atomic E-state index is 10.8. The number of rotatable bonds is 3. The van der Waals surface area contributed by atoms with Crippen molar-refractivity contribution in [3.8, 4) is 0 Å². The smallest absolute Gasteiger partial charge is 0.271 e. The summed E-state index contributed by atoms with van der Waals surface area (Å²) in [5.74, 6) is 0.611. The summed E-state index contributed by atoms with van der Waals surface area (Å²) in [5.41, 5.74) is 7.07. The summed E-state index contributed by atoms with van der Waals surface area (Å²) >= 11 is 0. The first-order valence-electron chi connectivity index (χ1n) is 6.29. The molecule has 1 aromatic heterocycles. The van der Waals surface area contributed by atoms with Crippen LogP contribution in [0.25, 0.3) is 10.8 Å². The molecule has 0 amide bonds. The van der Waals surface area contributed by atoms with Gasteiger partial charge < -0.3 is 11.1 Å². The van der Waals surface area contributed by atoms with E-state index in [1.807, 2.05) is 24.3 Å². The number of aromatic nitrogens is 1. The molecule has 0 spiro atoms. The lowest BCUT2D eigenvalue weighted by molar-refractivity contribution is -0.384. The minimum absolute atomic E-state index is 0.0275. The second-order valence-corrected chi connectivity index (χ2v) is 4.57. The molecule has 1 heterocycles. The van der Waals surface area contributed by atoms with Crippen molar-refractivity contribution in [1.82, 2.24) is 4.98 Å². The van der Waals surface area contributed by atoms with Crippen molar-refractivity contribution in [2.75, 3.05) is 11.1 Å². The summed E-state index contributed by atoms with van der Waals surface area (Å²) in [4.78, 5) is 14.7. The van der Waals surface area contributed by atoms with Gasteiger partial charge in [0.05, 0.1) is 4.92 Å². The lowest BCUT2D eigenvalue weighted by atomic mass is 10.1. The predicted octanol–water partition coefficient (Wildman–Crippen LogP) is 3.47. The van der Waals surface area contributed by atoms with E-state index in [1.54, 1.807) is 18.3 Å². The molecule has 0 saturated carbocycles. The number of hydrogen-bond acceptors (Lipinski definition) is 5. The molecule has 0 unspecified atom stereocenters. The third kappa shape index (κ3) is 2.59. The molecular weight excluding hydrogens is 268 g/mol. The Morgan fingerprint density at radius 1 is 1.14 bits per heavy atom. The molecule has 3 N–H and O–H groups in total. The number of pyridine rings is 1. The highest BCUT2D eigenvalue weighted by atomic mass is 16.6. The fraction of sp³-hybridized carbons (Fsp3) is 0. The van der Waals surface area contributed by atoms with Gasteiger partial charge in [0.25, 0.3) is 5.69 Å². The molecule has 104 valence electrons. The molecule has 3 aromatic rings. The Morgan fingerprint density at radius 2 is 2.00 bits per heavy atom. The van der Waals surface area contributed by atoms with Crippen LogP contribution in [0.15, 0.2) is 54.7 Å². The summed E-state index contributed by atoms with van der Waals surface area (Å²) in [5, 5.41) is 15.8. The van der Waals surface area contributed by atoms with E-state index in [9.17, 15) is 10.1 Å². The largest absolute Gasteiger partial charge is 0.399 e. The van der Waals surface area contributed by atoms with E-state index in [4.69, 9.17) is 5.73 Å². The van der Waals surface area contributed by atoms with Gasteiger partial charge in [-0.05, 0) is 29.7 Å². The van der Waals surface area contributed by atoms with Crippen molar-refractivity contribution in [1.29, 1.82) is 0 Å². The number of nitrogen functional groups attached to an aromatic ring is 1. The van der Waals surface area contributed by atoms with E-state index in [2.05, 4.69) is 10.3 Å². The normalized spacial score (nSPS) is 10.5. The SMILES string of the molecule is Nc1ccc2ccnc(Nc3cccc([N+](=O)[O-])c3)c2c1. The molecule has 0 atom stereocenters. The van der Waals surface area contributed by atoms with Gasteiger partial charge in [-0.1, -0.05) is 12.1 Å². The van der Waals surface area contributed by atoms with Gasteiger partial charge in [0, 0.05) is 35.1 Å². The quantitative estimate of drug-likeness (QED) is 0.435. The van der Waals surface area contributed by atoms with E-state index in [-0.39, 0.29) is 5.69 Å². The second kappa shape index (κ2) is 5.09. The molecule has 0 aliphatic heterocycles. The fourth-order valence-corrected chi connectivity index (χ4v) is 2.12. The highest BCUT2D eigenvalue weighted by molar-refractivity contribution is 5.95. The van der Waals surface area contributed by atoms with Crippen molar-refractivity contribution in [3.05, 3.63) is 64.8 Å². The highest BCUT2D eigenvalue weighted by Gasteiger charge is 2.08. The zero-order valence-corrected chi connectivity index (χ0v) is 11.0. The summed E-state index contributed by atoms with van der Waals surface area (Å²) in [6, 6.07) is 13.7. The zero-order chi connectivity index (χ0) is 14.8. The van der Waals surface area contributed by atoms with Crippen LogP contribution in [0.5, 0.6) is 0 Å². The third-order valence-corrected chi connectivity index (χ3v) is 3.11. The monoisotopic (exact) mass is 280 g/mol. The first kappa shape index (κ1) is 12.9. The Kier molecular flexibility index (Phi) is 3.12. The molecule has 0 fully saturated rings. The maximum Gasteiger partial charge on any atom is 0.271 e. The number of nitrogens with one attached hydrogen (secondary N) is 1. The van der Waals surface area contributed by atoms with Crippen molar-refractivity contribution in [3.63, 3.8) is 0 Å². The second-order valence-electron chi connectivity index (χ2n) is 4.57. The van der Waals surface area contributed by atoms with Crippen LogP contribution in [0.1, 0.15) is 0 Å².